The van der Waals surface area contributed by atoms with Crippen molar-refractivity contribution >= 4 is 35.1 Å². The van der Waals surface area contributed by atoms with E-state index >= 15 is 0 Å². The van der Waals surface area contributed by atoms with E-state index in [1.54, 1.807) is 25.1 Å². The van der Waals surface area contributed by atoms with Crippen LogP contribution >= 0.6 is 23.2 Å². The summed E-state index contributed by atoms with van der Waals surface area (Å²) >= 11 is 12.4. The Bertz CT molecular complexity index is 844. The average molecular weight is 391 g/mol. The summed E-state index contributed by atoms with van der Waals surface area (Å²) in [6.45, 7) is 5.96. The van der Waals surface area contributed by atoms with Crippen molar-refractivity contribution in [2.45, 2.75) is 38.8 Å². The number of imide groups is 1. The van der Waals surface area contributed by atoms with Crippen molar-refractivity contribution in [3.8, 4) is 0 Å². The number of amides is 3. The highest BCUT2D eigenvalue weighted by atomic mass is 35.5. The quantitative estimate of drug-likeness (QED) is 0.739. The molecule has 1 heterocycles. The van der Waals surface area contributed by atoms with Crippen LogP contribution in [0, 0.1) is 0 Å². The first-order valence-corrected chi connectivity index (χ1v) is 9.17. The summed E-state index contributed by atoms with van der Waals surface area (Å²) < 4.78 is 0. The molecular weight excluding hydrogens is 371 g/mol. The molecule has 1 aliphatic heterocycles. The number of benzene rings is 2. The Morgan fingerprint density at radius 2 is 1.62 bits per heavy atom. The largest absolute Gasteiger partial charge is 0.325 e. The molecule has 0 radical (unpaired) electrons. The second kappa shape index (κ2) is 6.93. The van der Waals surface area contributed by atoms with Gasteiger partial charge in [-0.1, -0.05) is 67.4 Å². The molecule has 2 aromatic rings. The monoisotopic (exact) mass is 390 g/mol. The van der Waals surface area contributed by atoms with Crippen molar-refractivity contribution in [2.75, 3.05) is 0 Å². The fourth-order valence-corrected chi connectivity index (χ4v) is 3.60. The minimum Gasteiger partial charge on any atom is -0.319 e. The van der Waals surface area contributed by atoms with Crippen LogP contribution in [0.5, 0.6) is 0 Å². The molecule has 0 unspecified atom stereocenters. The van der Waals surface area contributed by atoms with Crippen LogP contribution in [0.15, 0.2) is 42.5 Å². The minimum absolute atomic E-state index is 0.0306. The highest BCUT2D eigenvalue weighted by Gasteiger charge is 2.49. The number of halogens is 2. The van der Waals surface area contributed by atoms with Crippen LogP contribution in [0.3, 0.4) is 0 Å². The van der Waals surface area contributed by atoms with Crippen molar-refractivity contribution in [3.63, 3.8) is 0 Å². The van der Waals surface area contributed by atoms with Gasteiger partial charge < -0.3 is 5.32 Å². The predicted octanol–water partition coefficient (Wildman–Crippen LogP) is 5.08. The van der Waals surface area contributed by atoms with E-state index in [0.29, 0.717) is 21.5 Å². The summed E-state index contributed by atoms with van der Waals surface area (Å²) in [5.74, 6) is 0.0698. The summed E-state index contributed by atoms with van der Waals surface area (Å²) in [5, 5.41) is 3.65. The maximum atomic E-state index is 13.0. The van der Waals surface area contributed by atoms with E-state index in [1.165, 1.54) is 5.56 Å². The van der Waals surface area contributed by atoms with Gasteiger partial charge in [-0.3, -0.25) is 9.69 Å². The van der Waals surface area contributed by atoms with Gasteiger partial charge in [0.15, 0.2) is 0 Å². The minimum atomic E-state index is -1.11. The highest BCUT2D eigenvalue weighted by Crippen LogP contribution is 2.33. The Morgan fingerprint density at radius 1 is 1.04 bits per heavy atom. The zero-order valence-electron chi connectivity index (χ0n) is 14.8. The molecule has 0 bridgehead atoms. The Hall–Kier alpha value is -2.04. The second-order valence-electron chi connectivity index (χ2n) is 6.92. The zero-order chi connectivity index (χ0) is 19.1. The summed E-state index contributed by atoms with van der Waals surface area (Å²) in [7, 11) is 0. The van der Waals surface area contributed by atoms with E-state index in [0.717, 1.165) is 10.5 Å². The van der Waals surface area contributed by atoms with Gasteiger partial charge in [-0.15, -0.1) is 0 Å². The molecule has 6 heteroatoms. The molecule has 1 aliphatic rings. The molecule has 1 atom stereocenters. The van der Waals surface area contributed by atoms with Crippen molar-refractivity contribution in [3.05, 3.63) is 69.2 Å². The van der Waals surface area contributed by atoms with Crippen LogP contribution in [0.1, 0.15) is 43.4 Å². The molecule has 2 aromatic carbocycles. The first-order valence-electron chi connectivity index (χ1n) is 8.41. The fraction of sp³-hybridized carbons (Fsp3) is 0.300. The van der Waals surface area contributed by atoms with E-state index in [-0.39, 0.29) is 12.5 Å². The van der Waals surface area contributed by atoms with Crippen LogP contribution in [0.2, 0.25) is 10.0 Å². The third kappa shape index (κ3) is 3.19. The Kier molecular flexibility index (Phi) is 5.00. The Labute approximate surface area is 163 Å². The zero-order valence-corrected chi connectivity index (χ0v) is 16.4. The maximum absolute atomic E-state index is 13.0. The van der Waals surface area contributed by atoms with Crippen LogP contribution in [0.4, 0.5) is 4.79 Å². The Morgan fingerprint density at radius 3 is 2.15 bits per heavy atom. The number of rotatable bonds is 4. The van der Waals surface area contributed by atoms with Gasteiger partial charge in [0.25, 0.3) is 5.91 Å². The fourth-order valence-electron chi connectivity index (χ4n) is 3.08. The summed E-state index contributed by atoms with van der Waals surface area (Å²) in [4.78, 5) is 26.7. The molecule has 3 rings (SSSR count). The molecule has 1 N–H and O–H groups in total. The first kappa shape index (κ1) is 18.7. The molecule has 0 aliphatic carbocycles. The van der Waals surface area contributed by atoms with Gasteiger partial charge in [-0.25, -0.2) is 4.79 Å². The molecule has 0 aromatic heterocycles. The van der Waals surface area contributed by atoms with E-state index in [1.807, 2.05) is 24.3 Å². The van der Waals surface area contributed by atoms with Gasteiger partial charge in [0.1, 0.15) is 5.54 Å². The average Bonchev–Trinajstić information content (AvgIpc) is 2.82. The van der Waals surface area contributed by atoms with E-state index in [4.69, 9.17) is 23.2 Å². The van der Waals surface area contributed by atoms with Gasteiger partial charge in [-0.2, -0.15) is 0 Å². The van der Waals surface area contributed by atoms with Gasteiger partial charge in [0, 0.05) is 15.6 Å². The van der Waals surface area contributed by atoms with Gasteiger partial charge in [0.05, 0.1) is 6.54 Å². The highest BCUT2D eigenvalue weighted by molar-refractivity contribution is 6.36. The normalized spacial score (nSPS) is 20.0. The first-order chi connectivity index (χ1) is 12.2. The lowest BCUT2D eigenvalue weighted by molar-refractivity contribution is -0.131. The van der Waals surface area contributed by atoms with Crippen molar-refractivity contribution in [2.24, 2.45) is 0 Å². The SMILES string of the molecule is CC(C)c1ccc([C@]2(C)NC(=O)N(Cc3c(Cl)cccc3Cl)C2=O)cc1. The van der Waals surface area contributed by atoms with Crippen molar-refractivity contribution < 1.29 is 9.59 Å². The van der Waals surface area contributed by atoms with E-state index < -0.39 is 11.6 Å². The topological polar surface area (TPSA) is 49.4 Å². The third-order valence-electron chi connectivity index (χ3n) is 4.81. The number of carbonyl (C=O) groups excluding carboxylic acids is 2. The van der Waals surface area contributed by atoms with Gasteiger partial charge in [-0.05, 0) is 36.1 Å². The lowest BCUT2D eigenvalue weighted by Crippen LogP contribution is -2.40. The van der Waals surface area contributed by atoms with Crippen molar-refractivity contribution in [1.82, 2.24) is 10.2 Å². The molecule has 1 fully saturated rings. The number of carbonyl (C=O) groups is 2. The van der Waals surface area contributed by atoms with E-state index in [2.05, 4.69) is 19.2 Å². The van der Waals surface area contributed by atoms with E-state index in [9.17, 15) is 9.59 Å². The summed E-state index contributed by atoms with van der Waals surface area (Å²) in [5.41, 5.74) is 1.36. The van der Waals surface area contributed by atoms with Gasteiger partial charge in [0.2, 0.25) is 0 Å². The van der Waals surface area contributed by atoms with Crippen LogP contribution in [0.25, 0.3) is 0 Å². The lowest BCUT2D eigenvalue weighted by Gasteiger charge is -2.23. The smallest absolute Gasteiger partial charge is 0.319 e. The maximum Gasteiger partial charge on any atom is 0.325 e. The number of nitrogens with one attached hydrogen (secondary N) is 1. The predicted molar refractivity (Wildman–Crippen MR) is 103 cm³/mol. The molecule has 0 spiro atoms. The molecule has 1 saturated heterocycles. The molecule has 136 valence electrons. The Balaban J connectivity index is 1.90. The number of hydrogen-bond donors (Lipinski definition) is 1. The van der Waals surface area contributed by atoms with Crippen LogP contribution in [-0.4, -0.2) is 16.8 Å². The number of hydrogen-bond acceptors (Lipinski definition) is 2. The number of urea groups is 1. The summed E-state index contributed by atoms with van der Waals surface area (Å²) in [6, 6.07) is 12.4. The third-order valence-corrected chi connectivity index (χ3v) is 5.52. The molecule has 0 saturated carbocycles. The van der Waals surface area contributed by atoms with Crippen LogP contribution in [-0.2, 0) is 16.9 Å². The standard InChI is InChI=1S/C20H20Cl2N2O2/c1-12(2)13-7-9-14(10-8-13)20(3)18(25)24(19(26)23-20)11-15-16(21)5-4-6-17(15)22/h4-10,12H,11H2,1-3H3,(H,23,26)/t20-/m0/s1. The molecule has 4 nitrogen and oxygen atoms in total. The lowest BCUT2D eigenvalue weighted by atomic mass is 9.90. The van der Waals surface area contributed by atoms with Crippen molar-refractivity contribution in [1.29, 1.82) is 0 Å². The second-order valence-corrected chi connectivity index (χ2v) is 7.74. The van der Waals surface area contributed by atoms with Gasteiger partial charge >= 0.3 is 6.03 Å². The van der Waals surface area contributed by atoms with Crippen LogP contribution < -0.4 is 5.32 Å². The number of nitrogens with zero attached hydrogens (tertiary/aromatic N) is 1. The molecule has 26 heavy (non-hydrogen) atoms. The molecule has 3 amide bonds. The molecular formula is C20H20Cl2N2O2. The summed E-state index contributed by atoms with van der Waals surface area (Å²) in [6.07, 6.45) is 0.